The standard InChI is InChI=1S/C11H14ClNO2/c12-4-3-9(13)8-1-2-10-11(7-8)15-6-5-14-10/h1-2,7,9H,3-6,13H2. The fourth-order valence-electron chi connectivity index (χ4n) is 1.57. The molecule has 1 heterocycles. The van der Waals surface area contributed by atoms with Gasteiger partial charge < -0.3 is 15.2 Å². The van der Waals surface area contributed by atoms with Crippen molar-refractivity contribution in [2.24, 2.45) is 5.73 Å². The molecule has 0 amide bonds. The Morgan fingerprint density at radius 2 is 2.00 bits per heavy atom. The van der Waals surface area contributed by atoms with Crippen LogP contribution in [0.2, 0.25) is 0 Å². The molecule has 2 N–H and O–H groups in total. The van der Waals surface area contributed by atoms with Crippen molar-refractivity contribution < 1.29 is 9.47 Å². The molecule has 82 valence electrons. The van der Waals surface area contributed by atoms with Crippen LogP contribution in [0.15, 0.2) is 18.2 Å². The van der Waals surface area contributed by atoms with Gasteiger partial charge in [-0.2, -0.15) is 0 Å². The van der Waals surface area contributed by atoms with Crippen LogP contribution in [-0.4, -0.2) is 19.1 Å². The SMILES string of the molecule is NC(CCCl)c1ccc2c(c1)OCCO2. The lowest BCUT2D eigenvalue weighted by Crippen LogP contribution is -2.16. The maximum Gasteiger partial charge on any atom is 0.161 e. The largest absolute Gasteiger partial charge is 0.486 e. The summed E-state index contributed by atoms with van der Waals surface area (Å²) in [6.07, 6.45) is 0.765. The number of nitrogens with two attached hydrogens (primary N) is 1. The number of ether oxygens (including phenoxy) is 2. The normalized spacial score (nSPS) is 16.1. The van der Waals surface area contributed by atoms with E-state index in [0.717, 1.165) is 23.5 Å². The van der Waals surface area contributed by atoms with E-state index in [1.54, 1.807) is 0 Å². The van der Waals surface area contributed by atoms with Crippen LogP contribution in [0.1, 0.15) is 18.0 Å². The highest BCUT2D eigenvalue weighted by atomic mass is 35.5. The van der Waals surface area contributed by atoms with Crippen LogP contribution < -0.4 is 15.2 Å². The Hall–Kier alpha value is -0.930. The number of alkyl halides is 1. The van der Waals surface area contributed by atoms with Crippen LogP contribution in [0.25, 0.3) is 0 Å². The number of hydrogen-bond acceptors (Lipinski definition) is 3. The van der Waals surface area contributed by atoms with Crippen LogP contribution in [0.4, 0.5) is 0 Å². The van der Waals surface area contributed by atoms with Gasteiger partial charge in [0.1, 0.15) is 13.2 Å². The first kappa shape index (κ1) is 10.6. The smallest absolute Gasteiger partial charge is 0.161 e. The zero-order valence-electron chi connectivity index (χ0n) is 8.41. The molecule has 0 saturated heterocycles. The minimum absolute atomic E-state index is 0.0293. The van der Waals surface area contributed by atoms with Gasteiger partial charge in [-0.25, -0.2) is 0 Å². The lowest BCUT2D eigenvalue weighted by Gasteiger charge is -2.20. The quantitative estimate of drug-likeness (QED) is 0.805. The van der Waals surface area contributed by atoms with Crippen molar-refractivity contribution in [3.8, 4) is 11.5 Å². The molecule has 0 bridgehead atoms. The van der Waals surface area contributed by atoms with Crippen LogP contribution in [0.5, 0.6) is 11.5 Å². The van der Waals surface area contributed by atoms with E-state index in [-0.39, 0.29) is 6.04 Å². The van der Waals surface area contributed by atoms with E-state index in [9.17, 15) is 0 Å². The van der Waals surface area contributed by atoms with E-state index in [0.29, 0.717) is 19.1 Å². The third-order valence-electron chi connectivity index (χ3n) is 2.41. The average Bonchev–Trinajstić information content (AvgIpc) is 2.29. The summed E-state index contributed by atoms with van der Waals surface area (Å²) in [5.41, 5.74) is 7.00. The van der Waals surface area contributed by atoms with E-state index in [1.165, 1.54) is 0 Å². The van der Waals surface area contributed by atoms with Crippen molar-refractivity contribution in [3.05, 3.63) is 23.8 Å². The summed E-state index contributed by atoms with van der Waals surface area (Å²) in [6, 6.07) is 5.77. The molecule has 1 aliphatic heterocycles. The Kier molecular flexibility index (Phi) is 3.34. The van der Waals surface area contributed by atoms with Gasteiger partial charge in [0.15, 0.2) is 11.5 Å². The molecule has 0 aromatic heterocycles. The fourth-order valence-corrected chi connectivity index (χ4v) is 1.81. The summed E-state index contributed by atoms with van der Waals surface area (Å²) < 4.78 is 10.9. The summed E-state index contributed by atoms with van der Waals surface area (Å²) in [7, 11) is 0. The van der Waals surface area contributed by atoms with Crippen LogP contribution in [0.3, 0.4) is 0 Å². The van der Waals surface area contributed by atoms with Crippen molar-refractivity contribution in [1.29, 1.82) is 0 Å². The third kappa shape index (κ3) is 2.36. The van der Waals surface area contributed by atoms with Crippen molar-refractivity contribution in [2.45, 2.75) is 12.5 Å². The van der Waals surface area contributed by atoms with Crippen molar-refractivity contribution in [3.63, 3.8) is 0 Å². The highest BCUT2D eigenvalue weighted by molar-refractivity contribution is 6.17. The maximum atomic E-state index is 5.96. The molecule has 0 aliphatic carbocycles. The number of hydrogen-bond donors (Lipinski definition) is 1. The highest BCUT2D eigenvalue weighted by Crippen LogP contribution is 2.32. The number of rotatable bonds is 3. The van der Waals surface area contributed by atoms with Crippen molar-refractivity contribution in [1.82, 2.24) is 0 Å². The van der Waals surface area contributed by atoms with Crippen molar-refractivity contribution in [2.75, 3.05) is 19.1 Å². The summed E-state index contributed by atoms with van der Waals surface area (Å²) in [6.45, 7) is 1.21. The molecule has 3 nitrogen and oxygen atoms in total. The minimum atomic E-state index is -0.0293. The molecule has 15 heavy (non-hydrogen) atoms. The molecule has 1 unspecified atom stereocenters. The monoisotopic (exact) mass is 227 g/mol. The van der Waals surface area contributed by atoms with Gasteiger partial charge in [0.25, 0.3) is 0 Å². The molecule has 1 aromatic rings. The molecule has 4 heteroatoms. The molecule has 0 spiro atoms. The van der Waals surface area contributed by atoms with E-state index >= 15 is 0 Å². The van der Waals surface area contributed by atoms with E-state index in [2.05, 4.69) is 0 Å². The molecule has 1 aliphatic rings. The Bertz CT molecular complexity index is 343. The summed E-state index contributed by atoms with van der Waals surface area (Å²) in [5, 5.41) is 0. The molecule has 0 radical (unpaired) electrons. The van der Waals surface area contributed by atoms with E-state index < -0.39 is 0 Å². The first-order valence-corrected chi connectivity index (χ1v) is 5.56. The second-order valence-electron chi connectivity index (χ2n) is 3.49. The molecule has 0 fully saturated rings. The topological polar surface area (TPSA) is 44.5 Å². The predicted octanol–water partition coefficient (Wildman–Crippen LogP) is 2.09. The predicted molar refractivity (Wildman–Crippen MR) is 59.7 cm³/mol. The summed E-state index contributed by atoms with van der Waals surface area (Å²) in [4.78, 5) is 0. The number of halogens is 1. The van der Waals surface area contributed by atoms with Crippen LogP contribution >= 0.6 is 11.6 Å². The second-order valence-corrected chi connectivity index (χ2v) is 3.87. The van der Waals surface area contributed by atoms with Gasteiger partial charge in [0.05, 0.1) is 0 Å². The first-order chi connectivity index (χ1) is 7.31. The van der Waals surface area contributed by atoms with Crippen molar-refractivity contribution >= 4 is 11.6 Å². The Morgan fingerprint density at radius 3 is 2.73 bits per heavy atom. The maximum absolute atomic E-state index is 5.96. The van der Waals surface area contributed by atoms with E-state index in [4.69, 9.17) is 26.8 Å². The number of benzene rings is 1. The zero-order valence-corrected chi connectivity index (χ0v) is 9.17. The highest BCUT2D eigenvalue weighted by Gasteiger charge is 2.14. The molecule has 1 aromatic carbocycles. The Labute approximate surface area is 94.1 Å². The molecule has 0 saturated carbocycles. The second kappa shape index (κ2) is 4.73. The van der Waals surface area contributed by atoms with Gasteiger partial charge in [-0.05, 0) is 24.1 Å². The first-order valence-electron chi connectivity index (χ1n) is 5.02. The van der Waals surface area contributed by atoms with Gasteiger partial charge in [-0.15, -0.1) is 11.6 Å². The molecular weight excluding hydrogens is 214 g/mol. The molecule has 1 atom stereocenters. The van der Waals surface area contributed by atoms with Gasteiger partial charge in [-0.1, -0.05) is 6.07 Å². The summed E-state index contributed by atoms with van der Waals surface area (Å²) in [5.74, 6) is 2.14. The van der Waals surface area contributed by atoms with Gasteiger partial charge in [0, 0.05) is 11.9 Å². The fraction of sp³-hybridized carbons (Fsp3) is 0.455. The molecule has 2 rings (SSSR count). The summed E-state index contributed by atoms with van der Waals surface area (Å²) >= 11 is 5.65. The van der Waals surface area contributed by atoms with Gasteiger partial charge >= 0.3 is 0 Å². The Morgan fingerprint density at radius 1 is 1.27 bits per heavy atom. The van der Waals surface area contributed by atoms with Crippen LogP contribution in [0, 0.1) is 0 Å². The lowest BCUT2D eigenvalue weighted by molar-refractivity contribution is 0.171. The average molecular weight is 228 g/mol. The zero-order chi connectivity index (χ0) is 10.7. The van der Waals surface area contributed by atoms with Gasteiger partial charge in [0.2, 0.25) is 0 Å². The van der Waals surface area contributed by atoms with E-state index in [1.807, 2.05) is 18.2 Å². The third-order valence-corrected chi connectivity index (χ3v) is 2.63. The Balaban J connectivity index is 2.20. The number of fused-ring (bicyclic) bond motifs is 1. The van der Waals surface area contributed by atoms with Gasteiger partial charge in [-0.3, -0.25) is 0 Å². The minimum Gasteiger partial charge on any atom is -0.486 e. The lowest BCUT2D eigenvalue weighted by atomic mass is 10.0. The van der Waals surface area contributed by atoms with Crippen LogP contribution in [-0.2, 0) is 0 Å². The molecular formula is C11H14ClNO2.